The van der Waals surface area contributed by atoms with Gasteiger partial charge in [-0.1, -0.05) is 43.0 Å². The average Bonchev–Trinajstić information content (AvgIpc) is 2.69. The van der Waals surface area contributed by atoms with Crippen molar-refractivity contribution in [3.05, 3.63) is 77.4 Å². The molecular formula is C23H23ClN2O. The van der Waals surface area contributed by atoms with Crippen molar-refractivity contribution in [1.82, 2.24) is 0 Å². The van der Waals surface area contributed by atoms with Crippen LogP contribution in [0.25, 0.3) is 22.5 Å². The second kappa shape index (κ2) is 8.36. The highest BCUT2D eigenvalue weighted by molar-refractivity contribution is 6.10. The molecule has 0 N–H and O–H groups in total. The summed E-state index contributed by atoms with van der Waals surface area (Å²) in [7, 11) is 1.65. The number of hydrogen-bond donors (Lipinski definition) is 0. The molecule has 3 rings (SSSR count). The largest absolute Gasteiger partial charge is 0.386 e. The van der Waals surface area contributed by atoms with Crippen molar-refractivity contribution in [2.24, 2.45) is 10.2 Å². The Morgan fingerprint density at radius 3 is 2.30 bits per heavy atom. The van der Waals surface area contributed by atoms with Gasteiger partial charge in [-0.05, 0) is 72.2 Å². The lowest BCUT2D eigenvalue weighted by atomic mass is 9.91. The molecule has 4 heteroatoms. The Labute approximate surface area is 165 Å². The fraction of sp³-hybridized carbons (Fsp3) is 0.217. The summed E-state index contributed by atoms with van der Waals surface area (Å²) in [6.07, 6.45) is 6.84. The lowest BCUT2D eigenvalue weighted by Gasteiger charge is -2.15. The third-order valence-corrected chi connectivity index (χ3v) is 5.09. The highest BCUT2D eigenvalue weighted by Crippen LogP contribution is 2.35. The molecule has 0 aliphatic heterocycles. The van der Waals surface area contributed by atoms with E-state index in [4.69, 9.17) is 16.2 Å². The average molecular weight is 379 g/mol. The van der Waals surface area contributed by atoms with Gasteiger partial charge >= 0.3 is 0 Å². The van der Waals surface area contributed by atoms with E-state index in [1.807, 2.05) is 19.1 Å². The molecule has 3 nitrogen and oxygen atoms in total. The quantitative estimate of drug-likeness (QED) is 0.388. The predicted molar refractivity (Wildman–Crippen MR) is 114 cm³/mol. The molecule has 0 bridgehead atoms. The Hall–Kier alpha value is -2.65. The fourth-order valence-electron chi connectivity index (χ4n) is 3.39. The van der Waals surface area contributed by atoms with Crippen LogP contribution in [0.5, 0.6) is 0 Å². The molecule has 2 aromatic rings. The minimum absolute atomic E-state index is 0.397. The third-order valence-electron chi connectivity index (χ3n) is 4.90. The van der Waals surface area contributed by atoms with E-state index < -0.39 is 0 Å². The van der Waals surface area contributed by atoms with Crippen molar-refractivity contribution in [2.45, 2.75) is 26.7 Å². The molecule has 1 aliphatic carbocycles. The van der Waals surface area contributed by atoms with E-state index >= 15 is 0 Å². The molecule has 0 saturated carbocycles. The number of allylic oxidation sites excluding steroid dienone is 4. The van der Waals surface area contributed by atoms with Crippen LogP contribution in [0.3, 0.4) is 0 Å². The van der Waals surface area contributed by atoms with E-state index in [1.54, 1.807) is 7.05 Å². The van der Waals surface area contributed by atoms with Gasteiger partial charge in [0.25, 0.3) is 0 Å². The smallest absolute Gasteiger partial charge is 0.146 e. The van der Waals surface area contributed by atoms with Crippen LogP contribution in [-0.4, -0.2) is 7.05 Å². The van der Waals surface area contributed by atoms with Crippen LogP contribution in [0, 0.1) is 6.92 Å². The van der Waals surface area contributed by atoms with E-state index in [0.717, 1.165) is 40.8 Å². The Kier molecular flexibility index (Phi) is 5.92. The van der Waals surface area contributed by atoms with Crippen LogP contribution in [0.1, 0.15) is 36.5 Å². The molecule has 2 aromatic carbocycles. The van der Waals surface area contributed by atoms with Gasteiger partial charge in [0.1, 0.15) is 17.6 Å². The highest BCUT2D eigenvalue weighted by Gasteiger charge is 2.13. The van der Waals surface area contributed by atoms with Crippen molar-refractivity contribution in [3.63, 3.8) is 0 Å². The Balaban J connectivity index is 2.03. The Bertz CT molecular complexity index is 953. The summed E-state index contributed by atoms with van der Waals surface area (Å²) >= 11 is 5.54. The zero-order chi connectivity index (χ0) is 19.4. The first-order chi connectivity index (χ1) is 13.0. The van der Waals surface area contributed by atoms with Gasteiger partial charge in [-0.25, -0.2) is 0 Å². The predicted octanol–water partition coefficient (Wildman–Crippen LogP) is 7.64. The van der Waals surface area contributed by atoms with E-state index in [0.29, 0.717) is 5.76 Å². The topological polar surface area (TPSA) is 34.0 Å². The number of benzene rings is 2. The summed E-state index contributed by atoms with van der Waals surface area (Å²) in [6, 6.07) is 12.6. The van der Waals surface area contributed by atoms with E-state index in [9.17, 15) is 0 Å². The van der Waals surface area contributed by atoms with Crippen LogP contribution >= 0.6 is 11.9 Å². The van der Waals surface area contributed by atoms with E-state index in [1.165, 1.54) is 16.7 Å². The van der Waals surface area contributed by atoms with Gasteiger partial charge in [0.15, 0.2) is 0 Å². The maximum atomic E-state index is 5.54. The van der Waals surface area contributed by atoms with Gasteiger partial charge in [-0.15, -0.1) is 0 Å². The van der Waals surface area contributed by atoms with Crippen molar-refractivity contribution in [3.8, 4) is 11.1 Å². The molecule has 0 saturated heterocycles. The molecule has 0 atom stereocenters. The first-order valence-corrected chi connectivity index (χ1v) is 9.26. The molecule has 0 amide bonds. The lowest BCUT2D eigenvalue weighted by molar-refractivity contribution is 0.577. The minimum Gasteiger partial charge on any atom is -0.386 e. The molecule has 0 aromatic heterocycles. The van der Waals surface area contributed by atoms with Gasteiger partial charge < -0.3 is 4.29 Å². The molecular weight excluding hydrogens is 356 g/mol. The van der Waals surface area contributed by atoms with Gasteiger partial charge in [-0.2, -0.15) is 10.2 Å². The number of azo groups is 1. The third kappa shape index (κ3) is 4.04. The number of hydrogen-bond acceptors (Lipinski definition) is 3. The summed E-state index contributed by atoms with van der Waals surface area (Å²) in [5.74, 6) is 0.397. The van der Waals surface area contributed by atoms with Crippen LogP contribution < -0.4 is 0 Å². The monoisotopic (exact) mass is 378 g/mol. The van der Waals surface area contributed by atoms with Crippen LogP contribution in [0.15, 0.2) is 70.9 Å². The maximum absolute atomic E-state index is 5.54. The van der Waals surface area contributed by atoms with Crippen molar-refractivity contribution >= 4 is 28.9 Å². The molecule has 0 fully saturated rings. The second-order valence-corrected chi connectivity index (χ2v) is 6.78. The zero-order valence-electron chi connectivity index (χ0n) is 15.9. The van der Waals surface area contributed by atoms with Gasteiger partial charge in [0.2, 0.25) is 0 Å². The zero-order valence-corrected chi connectivity index (χ0v) is 16.7. The summed E-state index contributed by atoms with van der Waals surface area (Å²) in [5, 5.41) is 8.16. The number of halogens is 1. The van der Waals surface area contributed by atoms with E-state index in [2.05, 4.69) is 60.1 Å². The first-order valence-electron chi connectivity index (χ1n) is 8.95. The lowest BCUT2D eigenvalue weighted by Crippen LogP contribution is -1.93. The number of rotatable bonds is 5. The van der Waals surface area contributed by atoms with Crippen LogP contribution in [0.2, 0.25) is 0 Å². The second-order valence-electron chi connectivity index (χ2n) is 6.63. The first kappa shape index (κ1) is 19.1. The molecule has 1 aliphatic rings. The van der Waals surface area contributed by atoms with Gasteiger partial charge in [0, 0.05) is 12.6 Å². The number of nitrogens with zero attached hydrogens (tertiary/aromatic N) is 2. The minimum atomic E-state index is 0.397. The van der Waals surface area contributed by atoms with Gasteiger partial charge in [0.05, 0.1) is 5.69 Å². The summed E-state index contributed by atoms with van der Waals surface area (Å²) in [6.45, 7) is 8.01. The normalized spacial score (nSPS) is 14.1. The standard InChI is InChI=1S/C23H23ClN2O/c1-15-7-5-6-8-21(15)19-11-9-18(10-12-19)20-13-22(17(3)27-24)16(2)23(14-20)26-25-4/h7-14H,3,5-6H2,1-2,4H3/b26-25-. The summed E-state index contributed by atoms with van der Waals surface area (Å²) in [5.41, 5.74) is 8.54. The van der Waals surface area contributed by atoms with Gasteiger partial charge in [-0.3, -0.25) is 0 Å². The SMILES string of the molecule is C=C(OCl)c1cc(-c2ccc(C3=CCCC=C3C)cc2)cc(/N=N\C)c1C. The fourth-order valence-corrected chi connectivity index (χ4v) is 3.48. The van der Waals surface area contributed by atoms with Crippen molar-refractivity contribution < 1.29 is 4.29 Å². The van der Waals surface area contributed by atoms with Crippen molar-refractivity contribution in [2.75, 3.05) is 7.05 Å². The summed E-state index contributed by atoms with van der Waals surface area (Å²) < 4.78 is 4.84. The van der Waals surface area contributed by atoms with Crippen LogP contribution in [-0.2, 0) is 4.29 Å². The van der Waals surface area contributed by atoms with Crippen molar-refractivity contribution in [1.29, 1.82) is 0 Å². The molecule has 0 spiro atoms. The Morgan fingerprint density at radius 2 is 1.67 bits per heavy atom. The molecule has 0 radical (unpaired) electrons. The molecule has 0 unspecified atom stereocenters. The molecule has 27 heavy (non-hydrogen) atoms. The summed E-state index contributed by atoms with van der Waals surface area (Å²) in [4.78, 5) is 0. The highest BCUT2D eigenvalue weighted by atomic mass is 35.5. The molecule has 0 heterocycles. The Morgan fingerprint density at radius 1 is 1.00 bits per heavy atom. The molecule has 138 valence electrons. The maximum Gasteiger partial charge on any atom is 0.146 e. The van der Waals surface area contributed by atoms with E-state index in [-0.39, 0.29) is 0 Å². The van der Waals surface area contributed by atoms with Crippen LogP contribution in [0.4, 0.5) is 5.69 Å².